The molecule has 0 unspecified atom stereocenters. The Balaban J connectivity index is 1.65. The summed E-state index contributed by atoms with van der Waals surface area (Å²) in [7, 11) is 0. The topological polar surface area (TPSA) is 76.4 Å². The molecule has 1 N–H and O–H groups in total. The van der Waals surface area contributed by atoms with Gasteiger partial charge >= 0.3 is 0 Å². The van der Waals surface area contributed by atoms with Gasteiger partial charge in [-0.25, -0.2) is 0 Å². The monoisotopic (exact) mass is 394 g/mol. The van der Waals surface area contributed by atoms with Gasteiger partial charge in [-0.05, 0) is 37.3 Å². The molecule has 6 nitrogen and oxygen atoms in total. The fraction of sp³-hybridized carbons (Fsp3) is 0.125. The Morgan fingerprint density at radius 3 is 2.60 bits per heavy atom. The van der Waals surface area contributed by atoms with Crippen molar-refractivity contribution in [2.75, 3.05) is 11.1 Å². The van der Waals surface area contributed by atoms with Crippen LogP contribution in [0.3, 0.4) is 0 Å². The molecule has 3 rings (SSSR count). The molecule has 0 fully saturated rings. The first-order valence-electron chi connectivity index (χ1n) is 7.17. The Bertz CT molecular complexity index is 957. The average Bonchev–Trinajstić information content (AvgIpc) is 2.96. The number of carbonyl (C=O) groups excluding carboxylic acids is 2. The number of halogens is 2. The summed E-state index contributed by atoms with van der Waals surface area (Å²) in [6.07, 6.45) is 1.64. The number of fused-ring (bicyclic) bond motifs is 1. The van der Waals surface area contributed by atoms with Gasteiger partial charge in [0.15, 0.2) is 16.6 Å². The van der Waals surface area contributed by atoms with Gasteiger partial charge < -0.3 is 5.32 Å². The van der Waals surface area contributed by atoms with Crippen LogP contribution >= 0.6 is 35.0 Å². The predicted molar refractivity (Wildman–Crippen MR) is 98.8 cm³/mol. The van der Waals surface area contributed by atoms with Gasteiger partial charge in [0.2, 0.25) is 5.91 Å². The SMILES string of the molecule is CC(=O)c1ccc(NC(=O)CSc2nnc3c(Cl)cc(Cl)cn23)cc1. The molecule has 1 amide bonds. The Labute approximate surface area is 157 Å². The normalized spacial score (nSPS) is 10.8. The molecule has 128 valence electrons. The summed E-state index contributed by atoms with van der Waals surface area (Å²) >= 11 is 13.3. The molecule has 0 aliphatic rings. The minimum Gasteiger partial charge on any atom is -0.325 e. The second kappa shape index (κ2) is 7.43. The average molecular weight is 395 g/mol. The number of pyridine rings is 1. The smallest absolute Gasteiger partial charge is 0.234 e. The minimum atomic E-state index is -0.203. The van der Waals surface area contributed by atoms with Crippen molar-refractivity contribution in [2.24, 2.45) is 0 Å². The van der Waals surface area contributed by atoms with Crippen LogP contribution in [0.5, 0.6) is 0 Å². The first kappa shape index (κ1) is 17.7. The number of benzene rings is 1. The number of carbonyl (C=O) groups is 2. The van der Waals surface area contributed by atoms with Crippen molar-refractivity contribution in [3.8, 4) is 0 Å². The highest BCUT2D eigenvalue weighted by Crippen LogP contribution is 2.25. The van der Waals surface area contributed by atoms with Gasteiger partial charge in [0, 0.05) is 17.4 Å². The van der Waals surface area contributed by atoms with E-state index >= 15 is 0 Å². The number of hydrogen-bond acceptors (Lipinski definition) is 5. The van der Waals surface area contributed by atoms with Gasteiger partial charge in [-0.3, -0.25) is 14.0 Å². The standard InChI is InChI=1S/C16H12Cl2N4O2S/c1-9(23)10-2-4-12(5-3-10)19-14(24)8-25-16-21-20-15-13(18)6-11(17)7-22(15)16/h2-7H,8H2,1H3,(H,19,24). The molecule has 1 aromatic carbocycles. The molecule has 2 aromatic heterocycles. The fourth-order valence-corrected chi connectivity index (χ4v) is 3.33. The minimum absolute atomic E-state index is 0.0237. The largest absolute Gasteiger partial charge is 0.325 e. The first-order chi connectivity index (χ1) is 11.9. The Morgan fingerprint density at radius 1 is 1.20 bits per heavy atom. The van der Waals surface area contributed by atoms with Crippen molar-refractivity contribution >= 4 is 58.0 Å². The van der Waals surface area contributed by atoms with E-state index in [1.807, 2.05) is 0 Å². The number of anilines is 1. The third-order valence-corrected chi connectivity index (χ3v) is 4.73. The van der Waals surface area contributed by atoms with Crippen molar-refractivity contribution in [1.29, 1.82) is 0 Å². The van der Waals surface area contributed by atoms with E-state index < -0.39 is 0 Å². The second-order valence-electron chi connectivity index (χ2n) is 5.15. The van der Waals surface area contributed by atoms with Gasteiger partial charge in [0.25, 0.3) is 0 Å². The van der Waals surface area contributed by atoms with Crippen LogP contribution in [0.25, 0.3) is 5.65 Å². The zero-order chi connectivity index (χ0) is 18.0. The molecule has 0 saturated carbocycles. The van der Waals surface area contributed by atoms with Gasteiger partial charge in [0.1, 0.15) is 0 Å². The summed E-state index contributed by atoms with van der Waals surface area (Å²) in [5, 5.41) is 12.1. The third-order valence-electron chi connectivity index (χ3n) is 3.30. The number of thioether (sulfide) groups is 1. The molecule has 0 aliphatic carbocycles. The van der Waals surface area contributed by atoms with Crippen LogP contribution in [0.15, 0.2) is 41.7 Å². The quantitative estimate of drug-likeness (QED) is 0.523. The van der Waals surface area contributed by atoms with E-state index in [1.165, 1.54) is 18.7 Å². The molecular formula is C16H12Cl2N4O2S. The van der Waals surface area contributed by atoms with E-state index in [-0.39, 0.29) is 17.4 Å². The molecule has 3 aromatic rings. The number of amides is 1. The summed E-state index contributed by atoms with van der Waals surface area (Å²) in [6, 6.07) is 8.29. The lowest BCUT2D eigenvalue weighted by Crippen LogP contribution is -2.14. The number of aromatic nitrogens is 3. The first-order valence-corrected chi connectivity index (χ1v) is 8.91. The van der Waals surface area contributed by atoms with E-state index in [2.05, 4.69) is 15.5 Å². The van der Waals surface area contributed by atoms with E-state index in [9.17, 15) is 9.59 Å². The van der Waals surface area contributed by atoms with Gasteiger partial charge in [-0.1, -0.05) is 35.0 Å². The van der Waals surface area contributed by atoms with E-state index in [0.29, 0.717) is 32.1 Å². The lowest BCUT2D eigenvalue weighted by atomic mass is 10.1. The van der Waals surface area contributed by atoms with E-state index in [4.69, 9.17) is 23.2 Å². The van der Waals surface area contributed by atoms with Crippen LogP contribution in [0, 0.1) is 0 Å². The van der Waals surface area contributed by atoms with Gasteiger partial charge in [-0.15, -0.1) is 10.2 Å². The van der Waals surface area contributed by atoms with Crippen molar-refractivity contribution in [1.82, 2.24) is 14.6 Å². The van der Waals surface area contributed by atoms with Crippen LogP contribution < -0.4 is 5.32 Å². The molecule has 0 spiro atoms. The molecule has 9 heteroatoms. The van der Waals surface area contributed by atoms with Crippen LogP contribution in [0.1, 0.15) is 17.3 Å². The molecule has 0 atom stereocenters. The summed E-state index contributed by atoms with van der Waals surface area (Å²) in [4.78, 5) is 23.3. The number of Topliss-reactive ketones (excluding diaryl/α,β-unsaturated/α-hetero) is 1. The number of rotatable bonds is 5. The van der Waals surface area contributed by atoms with Crippen LogP contribution in [-0.4, -0.2) is 32.0 Å². The van der Waals surface area contributed by atoms with Crippen molar-refractivity contribution in [2.45, 2.75) is 12.1 Å². The lowest BCUT2D eigenvalue weighted by Gasteiger charge is -2.05. The molecule has 0 aliphatic heterocycles. The molecule has 0 saturated heterocycles. The zero-order valence-electron chi connectivity index (χ0n) is 13.0. The molecular weight excluding hydrogens is 383 g/mol. The second-order valence-corrected chi connectivity index (χ2v) is 6.94. The zero-order valence-corrected chi connectivity index (χ0v) is 15.3. The summed E-state index contributed by atoms with van der Waals surface area (Å²) < 4.78 is 1.64. The summed E-state index contributed by atoms with van der Waals surface area (Å²) in [6.45, 7) is 1.49. The van der Waals surface area contributed by atoms with Gasteiger partial charge in [0.05, 0.1) is 15.8 Å². The highest BCUT2D eigenvalue weighted by molar-refractivity contribution is 7.99. The third kappa shape index (κ3) is 4.12. The number of hydrogen-bond donors (Lipinski definition) is 1. The van der Waals surface area contributed by atoms with Crippen LogP contribution in [0.4, 0.5) is 5.69 Å². The molecule has 25 heavy (non-hydrogen) atoms. The molecule has 2 heterocycles. The van der Waals surface area contributed by atoms with E-state index in [1.54, 1.807) is 40.9 Å². The maximum absolute atomic E-state index is 12.1. The number of nitrogens with zero attached hydrogens (tertiary/aromatic N) is 3. The van der Waals surface area contributed by atoms with Crippen LogP contribution in [0.2, 0.25) is 10.0 Å². The van der Waals surface area contributed by atoms with Crippen molar-refractivity contribution in [3.05, 3.63) is 52.1 Å². The summed E-state index contributed by atoms with van der Waals surface area (Å²) in [5.41, 5.74) is 1.69. The van der Waals surface area contributed by atoms with Crippen LogP contribution in [-0.2, 0) is 4.79 Å². The maximum atomic E-state index is 12.1. The van der Waals surface area contributed by atoms with Gasteiger partial charge in [-0.2, -0.15) is 0 Å². The molecule has 0 radical (unpaired) electrons. The number of ketones is 1. The fourth-order valence-electron chi connectivity index (χ4n) is 2.12. The predicted octanol–water partition coefficient (Wildman–Crippen LogP) is 3.97. The summed E-state index contributed by atoms with van der Waals surface area (Å²) in [5.74, 6) is -0.0887. The highest BCUT2D eigenvalue weighted by Gasteiger charge is 2.12. The Morgan fingerprint density at radius 2 is 1.92 bits per heavy atom. The highest BCUT2D eigenvalue weighted by atomic mass is 35.5. The molecule has 0 bridgehead atoms. The Hall–Kier alpha value is -2.09. The van der Waals surface area contributed by atoms with Crippen molar-refractivity contribution < 1.29 is 9.59 Å². The van der Waals surface area contributed by atoms with Crippen molar-refractivity contribution in [3.63, 3.8) is 0 Å². The Kier molecular flexibility index (Phi) is 5.27. The maximum Gasteiger partial charge on any atom is 0.234 e. The lowest BCUT2D eigenvalue weighted by molar-refractivity contribution is -0.113. The van der Waals surface area contributed by atoms with E-state index in [0.717, 1.165) is 0 Å². The number of nitrogens with one attached hydrogen (secondary N) is 1.